The maximum atomic E-state index is 11.1. The Hall–Kier alpha value is -0.730. The van der Waals surface area contributed by atoms with Crippen molar-refractivity contribution in [1.82, 2.24) is 0 Å². The first kappa shape index (κ1) is 9.36. The van der Waals surface area contributed by atoms with Gasteiger partial charge in [-0.15, -0.1) is 0 Å². The van der Waals surface area contributed by atoms with Crippen LogP contribution < -0.4 is 0 Å². The molecule has 0 bridgehead atoms. The molecule has 0 aromatic carbocycles. The molecule has 0 aromatic rings. The summed E-state index contributed by atoms with van der Waals surface area (Å²) in [6.07, 6.45) is 0.355. The highest BCUT2D eigenvalue weighted by Crippen LogP contribution is 2.55. The molecule has 0 amide bonds. The second-order valence-corrected chi connectivity index (χ2v) is 4.70. The van der Waals surface area contributed by atoms with Gasteiger partial charge in [-0.05, 0) is 6.42 Å². The summed E-state index contributed by atoms with van der Waals surface area (Å²) in [5.41, 5.74) is -1.85. The molecule has 0 saturated carbocycles. The smallest absolute Gasteiger partial charge is 0.333 e. The minimum atomic E-state index is -4.23. The quantitative estimate of drug-likeness (QED) is 0.490. The fourth-order valence-electron chi connectivity index (χ4n) is 1.23. The molecule has 1 rings (SSSR count). The van der Waals surface area contributed by atoms with Crippen molar-refractivity contribution < 1.29 is 19.0 Å². The second kappa shape index (κ2) is 2.64. The van der Waals surface area contributed by atoms with Gasteiger partial charge >= 0.3 is 7.37 Å². The lowest BCUT2D eigenvalue weighted by Gasteiger charge is -2.00. The van der Waals surface area contributed by atoms with Crippen molar-refractivity contribution in [2.75, 3.05) is 0 Å². The van der Waals surface area contributed by atoms with Gasteiger partial charge in [0.1, 0.15) is 0 Å². The van der Waals surface area contributed by atoms with E-state index in [1.165, 1.54) is 0 Å². The lowest BCUT2D eigenvalue weighted by atomic mass is 10.0. The van der Waals surface area contributed by atoms with Gasteiger partial charge in [0.2, 0.25) is 11.0 Å². The lowest BCUT2D eigenvalue weighted by Crippen LogP contribution is -2.05. The van der Waals surface area contributed by atoms with Crippen LogP contribution in [0.1, 0.15) is 13.3 Å². The Morgan fingerprint density at radius 2 is 2.08 bits per heavy atom. The van der Waals surface area contributed by atoms with Gasteiger partial charge in [0, 0.05) is 5.57 Å². The third kappa shape index (κ3) is 0.993. The molecule has 4 nitrogen and oxygen atoms in total. The first-order chi connectivity index (χ1) is 5.42. The Kier molecular flexibility index (Phi) is 2.06. The molecule has 1 saturated heterocycles. The number of carbonyl (C=O) groups excluding carboxylic acids is 2. The molecule has 1 aliphatic rings. The van der Waals surface area contributed by atoms with Crippen molar-refractivity contribution in [1.29, 1.82) is 0 Å². The van der Waals surface area contributed by atoms with Crippen LogP contribution in [0.15, 0.2) is 12.2 Å². The summed E-state index contributed by atoms with van der Waals surface area (Å²) < 4.78 is 11.1. The van der Waals surface area contributed by atoms with E-state index < -0.39 is 24.3 Å². The van der Waals surface area contributed by atoms with Crippen molar-refractivity contribution in [3.8, 4) is 0 Å². The molecule has 1 heterocycles. The predicted octanol–water partition coefficient (Wildman–Crippen LogP) is 0.906. The molecule has 0 spiro atoms. The molecule has 0 aromatic heterocycles. The Balaban J connectivity index is 3.20. The lowest BCUT2D eigenvalue weighted by molar-refractivity contribution is -0.114. The van der Waals surface area contributed by atoms with E-state index in [1.54, 1.807) is 6.92 Å². The van der Waals surface area contributed by atoms with Gasteiger partial charge in [0.05, 0.1) is 5.92 Å². The van der Waals surface area contributed by atoms with Gasteiger partial charge in [0.15, 0.2) is 0 Å². The van der Waals surface area contributed by atoms with Gasteiger partial charge in [-0.3, -0.25) is 14.2 Å². The fraction of sp³-hybridized carbons (Fsp3) is 0.429. The summed E-state index contributed by atoms with van der Waals surface area (Å²) in [6, 6.07) is 0. The molecule has 66 valence electrons. The van der Waals surface area contributed by atoms with E-state index in [0.29, 0.717) is 6.42 Å². The minimum Gasteiger partial charge on any atom is -0.334 e. The summed E-state index contributed by atoms with van der Waals surface area (Å²) in [5.74, 6) is -0.742. The second-order valence-electron chi connectivity index (χ2n) is 2.71. The van der Waals surface area contributed by atoms with Crippen LogP contribution in [0.4, 0.5) is 0 Å². The molecular formula is C7H9O4P. The zero-order valence-corrected chi connectivity index (χ0v) is 7.51. The van der Waals surface area contributed by atoms with Crippen molar-refractivity contribution in [3.63, 3.8) is 0 Å². The maximum Gasteiger partial charge on any atom is 0.333 e. The highest BCUT2D eigenvalue weighted by molar-refractivity contribution is 7.91. The monoisotopic (exact) mass is 188 g/mol. The van der Waals surface area contributed by atoms with Crippen molar-refractivity contribution >= 4 is 18.4 Å². The number of rotatable bonds is 1. The van der Waals surface area contributed by atoms with Crippen LogP contribution in [0.25, 0.3) is 0 Å². The molecule has 12 heavy (non-hydrogen) atoms. The van der Waals surface area contributed by atoms with Crippen molar-refractivity contribution in [2.24, 2.45) is 5.92 Å². The van der Waals surface area contributed by atoms with Crippen LogP contribution in [0.3, 0.4) is 0 Å². The number of carbonyl (C=O) groups is 2. The molecular weight excluding hydrogens is 179 g/mol. The molecule has 1 N–H and O–H groups in total. The van der Waals surface area contributed by atoms with E-state index in [0.717, 1.165) is 0 Å². The van der Waals surface area contributed by atoms with Crippen LogP contribution in [0.5, 0.6) is 0 Å². The van der Waals surface area contributed by atoms with E-state index in [9.17, 15) is 14.2 Å². The van der Waals surface area contributed by atoms with E-state index in [1.807, 2.05) is 0 Å². The first-order valence-corrected chi connectivity index (χ1v) is 5.19. The average Bonchev–Trinajstić information content (AvgIpc) is 2.15. The molecule has 2 unspecified atom stereocenters. The van der Waals surface area contributed by atoms with E-state index in [-0.39, 0.29) is 5.57 Å². The molecule has 2 atom stereocenters. The van der Waals surface area contributed by atoms with Crippen LogP contribution in [0, 0.1) is 5.92 Å². The zero-order valence-electron chi connectivity index (χ0n) is 6.61. The van der Waals surface area contributed by atoms with Gasteiger partial charge in [-0.25, -0.2) is 0 Å². The normalized spacial score (nSPS) is 36.2. The minimum absolute atomic E-state index is 0.0201. The average molecular weight is 188 g/mol. The van der Waals surface area contributed by atoms with Crippen molar-refractivity contribution in [3.05, 3.63) is 12.2 Å². The Morgan fingerprint density at radius 3 is 2.25 bits per heavy atom. The molecule has 1 aliphatic heterocycles. The fourth-order valence-corrected chi connectivity index (χ4v) is 2.73. The Labute approximate surface area is 69.7 Å². The molecule has 5 heteroatoms. The number of allylic oxidation sites excluding steroid dienone is 1. The van der Waals surface area contributed by atoms with E-state index in [4.69, 9.17) is 4.89 Å². The Bertz CT molecular complexity index is 317. The summed E-state index contributed by atoms with van der Waals surface area (Å²) in [7, 11) is -4.23. The third-order valence-corrected chi connectivity index (χ3v) is 3.72. The van der Waals surface area contributed by atoms with Gasteiger partial charge in [-0.2, -0.15) is 0 Å². The molecule has 0 aliphatic carbocycles. The maximum absolute atomic E-state index is 11.1. The topological polar surface area (TPSA) is 71.4 Å². The molecule has 0 radical (unpaired) electrons. The highest BCUT2D eigenvalue weighted by Gasteiger charge is 2.52. The van der Waals surface area contributed by atoms with Gasteiger partial charge in [-0.1, -0.05) is 13.5 Å². The van der Waals surface area contributed by atoms with E-state index in [2.05, 4.69) is 6.58 Å². The third-order valence-electron chi connectivity index (χ3n) is 1.98. The zero-order chi connectivity index (χ0) is 9.52. The summed E-state index contributed by atoms with van der Waals surface area (Å²) in [4.78, 5) is 31.1. The van der Waals surface area contributed by atoms with Gasteiger partial charge in [0.25, 0.3) is 0 Å². The predicted molar refractivity (Wildman–Crippen MR) is 42.8 cm³/mol. The van der Waals surface area contributed by atoms with Crippen LogP contribution >= 0.6 is 7.37 Å². The van der Waals surface area contributed by atoms with Crippen LogP contribution in [-0.4, -0.2) is 15.9 Å². The summed E-state index contributed by atoms with van der Waals surface area (Å²) in [6.45, 7) is 5.00. The Morgan fingerprint density at radius 1 is 1.58 bits per heavy atom. The summed E-state index contributed by atoms with van der Waals surface area (Å²) in [5, 5.41) is 0. The van der Waals surface area contributed by atoms with Crippen LogP contribution in [0.2, 0.25) is 0 Å². The number of hydrogen-bond donors (Lipinski definition) is 1. The summed E-state index contributed by atoms with van der Waals surface area (Å²) >= 11 is 0. The van der Waals surface area contributed by atoms with Gasteiger partial charge < -0.3 is 4.89 Å². The first-order valence-electron chi connectivity index (χ1n) is 3.53. The largest absolute Gasteiger partial charge is 0.334 e. The molecule has 1 fully saturated rings. The van der Waals surface area contributed by atoms with Crippen LogP contribution in [-0.2, 0) is 14.2 Å². The SMILES string of the molecule is C=C1C(=O)P(=O)(O)C(=O)C1CC. The van der Waals surface area contributed by atoms with Crippen molar-refractivity contribution in [2.45, 2.75) is 13.3 Å². The highest BCUT2D eigenvalue weighted by atomic mass is 31.2. The van der Waals surface area contributed by atoms with E-state index >= 15 is 0 Å². The standard InChI is InChI=1S/C7H9O4P/c1-3-5-4(2)6(8)12(10,11)7(5)9/h5H,2-3H2,1H3,(H,10,11). The number of hydrogen-bond acceptors (Lipinski definition) is 3.